The van der Waals surface area contributed by atoms with Gasteiger partial charge in [0.25, 0.3) is 11.5 Å². The van der Waals surface area contributed by atoms with Crippen LogP contribution in [0.5, 0.6) is 0 Å². The number of hydrogen-bond donors (Lipinski definition) is 0. The van der Waals surface area contributed by atoms with Gasteiger partial charge in [0.15, 0.2) is 10.7 Å². The Hall–Kier alpha value is -1.77. The molecule has 2 saturated heterocycles. The lowest BCUT2D eigenvalue weighted by Gasteiger charge is -2.37. The van der Waals surface area contributed by atoms with Crippen LogP contribution in [0.3, 0.4) is 0 Å². The molecule has 2 fully saturated rings. The lowest BCUT2D eigenvalue weighted by atomic mass is 10.0. The van der Waals surface area contributed by atoms with E-state index in [1.165, 1.54) is 21.9 Å². The highest BCUT2D eigenvalue weighted by Gasteiger charge is 2.41. The molecule has 0 bridgehead atoms. The Kier molecular flexibility index (Phi) is 3.24. The van der Waals surface area contributed by atoms with Crippen LogP contribution in [0.1, 0.15) is 23.2 Å². The highest BCUT2D eigenvalue weighted by Crippen LogP contribution is 2.31. The number of fused-ring (bicyclic) bond motifs is 1. The Bertz CT molecular complexity index is 768. The maximum Gasteiger partial charge on any atom is 0.271 e. The fourth-order valence-corrected chi connectivity index (χ4v) is 3.65. The molecule has 8 heteroatoms. The summed E-state index contributed by atoms with van der Waals surface area (Å²) in [7, 11) is 0. The molecule has 0 saturated carbocycles. The zero-order chi connectivity index (χ0) is 15.2. The molecule has 0 unspecified atom stereocenters. The highest BCUT2D eigenvalue weighted by molar-refractivity contribution is 7.15. The Morgan fingerprint density at radius 2 is 2.00 bits per heavy atom. The van der Waals surface area contributed by atoms with E-state index in [2.05, 4.69) is 4.98 Å². The molecule has 116 valence electrons. The van der Waals surface area contributed by atoms with Crippen LogP contribution in [0.4, 0.5) is 0 Å². The number of hydrogen-bond acceptors (Lipinski definition) is 6. The summed E-state index contributed by atoms with van der Waals surface area (Å²) < 4.78 is 12.7. The summed E-state index contributed by atoms with van der Waals surface area (Å²) >= 11 is 1.36. The van der Waals surface area contributed by atoms with E-state index in [0.29, 0.717) is 44.1 Å². The lowest BCUT2D eigenvalue weighted by Crippen LogP contribution is -2.48. The molecule has 2 aromatic rings. The molecule has 0 N–H and O–H groups in total. The number of nitrogens with zero attached hydrogens (tertiary/aromatic N) is 3. The number of aromatic nitrogens is 2. The fraction of sp³-hybridized carbons (Fsp3) is 0.500. The van der Waals surface area contributed by atoms with Gasteiger partial charge in [-0.3, -0.25) is 14.0 Å². The van der Waals surface area contributed by atoms with Gasteiger partial charge >= 0.3 is 0 Å². The van der Waals surface area contributed by atoms with Crippen molar-refractivity contribution in [2.75, 3.05) is 26.3 Å². The summed E-state index contributed by atoms with van der Waals surface area (Å²) in [5.74, 6) is -0.799. The van der Waals surface area contributed by atoms with Crippen molar-refractivity contribution >= 4 is 22.2 Å². The summed E-state index contributed by atoms with van der Waals surface area (Å²) in [5.41, 5.74) is -0.204. The average molecular weight is 321 g/mol. The first-order valence-corrected chi connectivity index (χ1v) is 8.09. The van der Waals surface area contributed by atoms with Crippen molar-refractivity contribution in [1.29, 1.82) is 0 Å². The van der Waals surface area contributed by atoms with Gasteiger partial charge in [0.1, 0.15) is 5.56 Å². The van der Waals surface area contributed by atoms with E-state index in [1.54, 1.807) is 16.5 Å². The largest absolute Gasteiger partial charge is 0.347 e. The number of rotatable bonds is 1. The molecule has 4 rings (SSSR count). The summed E-state index contributed by atoms with van der Waals surface area (Å²) in [6.45, 7) is 2.25. The first-order valence-electron chi connectivity index (χ1n) is 7.21. The minimum absolute atomic E-state index is 0.111. The van der Waals surface area contributed by atoms with Gasteiger partial charge in [0, 0.05) is 43.7 Å². The van der Waals surface area contributed by atoms with E-state index >= 15 is 0 Å². The normalized spacial score (nSPS) is 20.8. The van der Waals surface area contributed by atoms with E-state index in [4.69, 9.17) is 9.47 Å². The van der Waals surface area contributed by atoms with E-state index in [1.807, 2.05) is 0 Å². The maximum atomic E-state index is 12.6. The lowest BCUT2D eigenvalue weighted by molar-refractivity contribution is -0.181. The van der Waals surface area contributed by atoms with Crippen molar-refractivity contribution in [2.24, 2.45) is 0 Å². The molecule has 7 nitrogen and oxygen atoms in total. The van der Waals surface area contributed by atoms with Crippen molar-refractivity contribution in [3.05, 3.63) is 33.7 Å². The average Bonchev–Trinajstić information content (AvgIpc) is 3.18. The third kappa shape index (κ3) is 2.15. The predicted octanol–water partition coefficient (Wildman–Crippen LogP) is 0.735. The molecule has 22 heavy (non-hydrogen) atoms. The molecule has 2 aliphatic heterocycles. The maximum absolute atomic E-state index is 12.6. The van der Waals surface area contributed by atoms with Crippen LogP contribution >= 0.6 is 11.3 Å². The SMILES string of the molecule is O=C(c1cnc2sccn2c1=O)N1CCC2(CC1)OCCO2. The Balaban J connectivity index is 1.56. The van der Waals surface area contributed by atoms with Crippen LogP contribution in [0.2, 0.25) is 0 Å². The van der Waals surface area contributed by atoms with Crippen LogP contribution < -0.4 is 5.56 Å². The van der Waals surface area contributed by atoms with E-state index in [-0.39, 0.29) is 17.0 Å². The zero-order valence-corrected chi connectivity index (χ0v) is 12.7. The topological polar surface area (TPSA) is 73.1 Å². The number of carbonyl (C=O) groups is 1. The number of carbonyl (C=O) groups excluding carboxylic acids is 1. The number of ether oxygens (including phenoxy) is 2. The second-order valence-electron chi connectivity index (χ2n) is 5.43. The molecule has 4 heterocycles. The molecule has 2 aromatic heterocycles. The minimum atomic E-state index is -0.526. The van der Waals surface area contributed by atoms with Crippen LogP contribution in [0.15, 0.2) is 22.6 Å². The van der Waals surface area contributed by atoms with Crippen LogP contribution in [0, 0.1) is 0 Å². The Morgan fingerprint density at radius 3 is 2.73 bits per heavy atom. The second-order valence-corrected chi connectivity index (χ2v) is 6.31. The monoisotopic (exact) mass is 321 g/mol. The van der Waals surface area contributed by atoms with Crippen molar-refractivity contribution in [3.8, 4) is 0 Å². The van der Waals surface area contributed by atoms with Crippen molar-refractivity contribution in [1.82, 2.24) is 14.3 Å². The molecular formula is C14H15N3O4S. The molecule has 1 spiro atoms. The summed E-state index contributed by atoms with van der Waals surface area (Å²) in [5, 5.41) is 1.78. The number of likely N-dealkylation sites (tertiary alicyclic amines) is 1. The van der Waals surface area contributed by atoms with Crippen molar-refractivity contribution in [3.63, 3.8) is 0 Å². The van der Waals surface area contributed by atoms with Gasteiger partial charge in [-0.05, 0) is 0 Å². The Morgan fingerprint density at radius 1 is 1.27 bits per heavy atom. The highest BCUT2D eigenvalue weighted by atomic mass is 32.1. The van der Waals surface area contributed by atoms with Gasteiger partial charge in [-0.2, -0.15) is 0 Å². The van der Waals surface area contributed by atoms with Gasteiger partial charge in [-0.1, -0.05) is 0 Å². The smallest absolute Gasteiger partial charge is 0.271 e. The standard InChI is InChI=1S/C14H15N3O4S/c18-11(10-9-15-13-17(12(10)19)5-8-22-13)16-3-1-14(2-4-16)20-6-7-21-14/h5,8-9H,1-4,6-7H2. The number of piperidine rings is 1. The van der Waals surface area contributed by atoms with E-state index in [9.17, 15) is 9.59 Å². The van der Waals surface area contributed by atoms with E-state index < -0.39 is 5.79 Å². The van der Waals surface area contributed by atoms with Crippen LogP contribution in [-0.4, -0.2) is 52.3 Å². The number of amides is 1. The minimum Gasteiger partial charge on any atom is -0.347 e. The summed E-state index contributed by atoms with van der Waals surface area (Å²) in [4.78, 5) is 31.4. The third-order valence-electron chi connectivity index (χ3n) is 4.20. The first-order chi connectivity index (χ1) is 10.7. The van der Waals surface area contributed by atoms with Crippen molar-refractivity contribution < 1.29 is 14.3 Å². The first kappa shape index (κ1) is 13.9. The molecule has 0 aromatic carbocycles. The Labute approximate surface area is 130 Å². The molecule has 0 radical (unpaired) electrons. The van der Waals surface area contributed by atoms with Crippen molar-refractivity contribution in [2.45, 2.75) is 18.6 Å². The molecule has 2 aliphatic rings. The van der Waals surface area contributed by atoms with Gasteiger partial charge < -0.3 is 14.4 Å². The van der Waals surface area contributed by atoms with E-state index in [0.717, 1.165) is 0 Å². The van der Waals surface area contributed by atoms with Gasteiger partial charge in [-0.25, -0.2) is 4.98 Å². The molecule has 0 aliphatic carbocycles. The quantitative estimate of drug-likeness (QED) is 0.774. The van der Waals surface area contributed by atoms with Gasteiger partial charge in [-0.15, -0.1) is 11.3 Å². The molecule has 0 atom stereocenters. The molecular weight excluding hydrogens is 306 g/mol. The van der Waals surface area contributed by atoms with Crippen LogP contribution in [0.25, 0.3) is 4.96 Å². The molecule has 1 amide bonds. The van der Waals surface area contributed by atoms with Gasteiger partial charge in [0.05, 0.1) is 13.2 Å². The third-order valence-corrected chi connectivity index (χ3v) is 4.97. The number of thiazole rings is 1. The van der Waals surface area contributed by atoms with Gasteiger partial charge in [0.2, 0.25) is 0 Å². The predicted molar refractivity (Wildman–Crippen MR) is 79.1 cm³/mol. The summed E-state index contributed by atoms with van der Waals surface area (Å²) in [6.07, 6.45) is 4.28. The van der Waals surface area contributed by atoms with Crippen LogP contribution in [-0.2, 0) is 9.47 Å². The fourth-order valence-electron chi connectivity index (χ4n) is 2.98. The summed E-state index contributed by atoms with van der Waals surface area (Å²) in [6, 6.07) is 0. The zero-order valence-electron chi connectivity index (χ0n) is 11.9. The second kappa shape index (κ2) is 5.15.